The van der Waals surface area contributed by atoms with E-state index >= 15 is 0 Å². The predicted molar refractivity (Wildman–Crippen MR) is 73.4 cm³/mol. The maximum Gasteiger partial charge on any atom is 0.246 e. The van der Waals surface area contributed by atoms with Crippen LogP contribution in [0.4, 0.5) is 0 Å². The van der Waals surface area contributed by atoms with Crippen molar-refractivity contribution in [3.8, 4) is 0 Å². The molecule has 6 nitrogen and oxygen atoms in total. The van der Waals surface area contributed by atoms with Crippen LogP contribution in [0.25, 0.3) is 0 Å². The molecule has 1 aliphatic rings. The van der Waals surface area contributed by atoms with E-state index in [-0.39, 0.29) is 17.2 Å². The number of nitrogens with one attached hydrogen (secondary N) is 1. The zero-order chi connectivity index (χ0) is 14.9. The number of aromatic nitrogens is 2. The third-order valence-corrected chi connectivity index (χ3v) is 3.49. The average molecular weight is 276 g/mol. The van der Waals surface area contributed by atoms with E-state index in [0.29, 0.717) is 12.2 Å². The molecular formula is C14H20N4O2. The SMILES string of the molecule is CC1C(=O)NC(C(C)(C)C)C(=O)N1Cc1cccnn1. The molecule has 1 fully saturated rings. The van der Waals surface area contributed by atoms with Gasteiger partial charge in [-0.05, 0) is 24.5 Å². The smallest absolute Gasteiger partial charge is 0.246 e. The highest BCUT2D eigenvalue weighted by atomic mass is 16.2. The van der Waals surface area contributed by atoms with Crippen molar-refractivity contribution >= 4 is 11.8 Å². The maximum absolute atomic E-state index is 12.6. The lowest BCUT2D eigenvalue weighted by Gasteiger charge is -2.42. The van der Waals surface area contributed by atoms with Crippen molar-refractivity contribution in [2.75, 3.05) is 0 Å². The first-order valence-electron chi connectivity index (χ1n) is 6.68. The zero-order valence-corrected chi connectivity index (χ0v) is 12.3. The third kappa shape index (κ3) is 2.79. The number of hydrogen-bond donors (Lipinski definition) is 1. The van der Waals surface area contributed by atoms with Gasteiger partial charge in [-0.2, -0.15) is 10.2 Å². The molecule has 108 valence electrons. The molecule has 20 heavy (non-hydrogen) atoms. The van der Waals surface area contributed by atoms with Crippen molar-refractivity contribution in [2.45, 2.75) is 46.3 Å². The van der Waals surface area contributed by atoms with Gasteiger partial charge in [0.25, 0.3) is 0 Å². The fourth-order valence-electron chi connectivity index (χ4n) is 2.22. The Morgan fingerprint density at radius 2 is 2.05 bits per heavy atom. The molecule has 6 heteroatoms. The third-order valence-electron chi connectivity index (χ3n) is 3.49. The van der Waals surface area contributed by atoms with Gasteiger partial charge in [0.15, 0.2) is 0 Å². The second kappa shape index (κ2) is 5.19. The number of piperazine rings is 1. The molecule has 1 aromatic rings. The van der Waals surface area contributed by atoms with E-state index in [2.05, 4.69) is 15.5 Å². The first kappa shape index (κ1) is 14.4. The summed E-state index contributed by atoms with van der Waals surface area (Å²) >= 11 is 0. The number of amides is 2. The maximum atomic E-state index is 12.6. The fourth-order valence-corrected chi connectivity index (χ4v) is 2.22. The van der Waals surface area contributed by atoms with Crippen LogP contribution in [0.1, 0.15) is 33.4 Å². The highest BCUT2D eigenvalue weighted by molar-refractivity contribution is 5.97. The monoisotopic (exact) mass is 276 g/mol. The molecule has 2 atom stereocenters. The van der Waals surface area contributed by atoms with Gasteiger partial charge in [-0.15, -0.1) is 0 Å². The Morgan fingerprint density at radius 3 is 2.60 bits per heavy atom. The molecule has 0 radical (unpaired) electrons. The second-order valence-corrected chi connectivity index (χ2v) is 6.16. The second-order valence-electron chi connectivity index (χ2n) is 6.16. The van der Waals surface area contributed by atoms with Crippen LogP contribution in [0.3, 0.4) is 0 Å². The van der Waals surface area contributed by atoms with Crippen molar-refractivity contribution in [1.82, 2.24) is 20.4 Å². The zero-order valence-electron chi connectivity index (χ0n) is 12.3. The molecule has 0 spiro atoms. The van der Waals surface area contributed by atoms with Crippen molar-refractivity contribution in [2.24, 2.45) is 5.41 Å². The summed E-state index contributed by atoms with van der Waals surface area (Å²) < 4.78 is 0. The van der Waals surface area contributed by atoms with Crippen LogP contribution in [0.2, 0.25) is 0 Å². The molecule has 2 heterocycles. The van der Waals surface area contributed by atoms with Crippen molar-refractivity contribution < 1.29 is 9.59 Å². The van der Waals surface area contributed by atoms with Crippen LogP contribution in [-0.4, -0.2) is 39.0 Å². The van der Waals surface area contributed by atoms with Crippen molar-refractivity contribution in [3.63, 3.8) is 0 Å². The number of carbonyl (C=O) groups excluding carboxylic acids is 2. The molecule has 0 aromatic carbocycles. The standard InChI is InChI=1S/C14H20N4O2/c1-9-12(19)16-11(14(2,3)4)13(20)18(9)8-10-6-5-7-15-17-10/h5-7,9,11H,8H2,1-4H3,(H,16,19). The van der Waals surface area contributed by atoms with Gasteiger partial charge in [0.05, 0.1) is 12.2 Å². The van der Waals surface area contributed by atoms with Crippen molar-refractivity contribution in [3.05, 3.63) is 24.0 Å². The summed E-state index contributed by atoms with van der Waals surface area (Å²) in [5, 5.41) is 10.6. The molecule has 1 aromatic heterocycles. The largest absolute Gasteiger partial charge is 0.342 e. The van der Waals surface area contributed by atoms with Crippen LogP contribution in [0, 0.1) is 5.41 Å². The highest BCUT2D eigenvalue weighted by Gasteiger charge is 2.43. The molecule has 0 saturated carbocycles. The summed E-state index contributed by atoms with van der Waals surface area (Å²) in [6.45, 7) is 7.83. The van der Waals surface area contributed by atoms with Gasteiger partial charge in [0, 0.05) is 6.20 Å². The molecule has 2 rings (SSSR count). The van der Waals surface area contributed by atoms with Crippen molar-refractivity contribution in [1.29, 1.82) is 0 Å². The van der Waals surface area contributed by atoms with E-state index in [1.807, 2.05) is 20.8 Å². The van der Waals surface area contributed by atoms with E-state index in [1.165, 1.54) is 0 Å². The number of rotatable bonds is 2. The summed E-state index contributed by atoms with van der Waals surface area (Å²) in [7, 11) is 0. The van der Waals surface area contributed by atoms with Crippen LogP contribution in [-0.2, 0) is 16.1 Å². The summed E-state index contributed by atoms with van der Waals surface area (Å²) in [5.41, 5.74) is 0.350. The van der Waals surface area contributed by atoms with Crippen LogP contribution < -0.4 is 5.32 Å². The van der Waals surface area contributed by atoms with Gasteiger partial charge in [0.1, 0.15) is 12.1 Å². The minimum Gasteiger partial charge on any atom is -0.342 e. The van der Waals surface area contributed by atoms with E-state index in [9.17, 15) is 9.59 Å². The van der Waals surface area contributed by atoms with Gasteiger partial charge in [0.2, 0.25) is 11.8 Å². The van der Waals surface area contributed by atoms with Crippen LogP contribution >= 0.6 is 0 Å². The summed E-state index contributed by atoms with van der Waals surface area (Å²) in [6, 6.07) is 2.56. The average Bonchev–Trinajstić information content (AvgIpc) is 2.39. The molecule has 1 aliphatic heterocycles. The topological polar surface area (TPSA) is 75.2 Å². The molecule has 2 unspecified atom stereocenters. The van der Waals surface area contributed by atoms with E-state index in [0.717, 1.165) is 0 Å². The lowest BCUT2D eigenvalue weighted by atomic mass is 9.84. The Morgan fingerprint density at radius 1 is 1.35 bits per heavy atom. The summed E-state index contributed by atoms with van der Waals surface area (Å²) in [5.74, 6) is -0.205. The summed E-state index contributed by atoms with van der Waals surface area (Å²) in [6.07, 6.45) is 1.58. The molecular weight excluding hydrogens is 256 g/mol. The highest BCUT2D eigenvalue weighted by Crippen LogP contribution is 2.25. The first-order chi connectivity index (χ1) is 9.30. The summed E-state index contributed by atoms with van der Waals surface area (Å²) in [4.78, 5) is 26.2. The first-order valence-corrected chi connectivity index (χ1v) is 6.68. The normalized spacial score (nSPS) is 23.7. The Bertz CT molecular complexity index is 510. The molecule has 0 bridgehead atoms. The Hall–Kier alpha value is -1.98. The predicted octanol–water partition coefficient (Wildman–Crippen LogP) is 0.738. The molecule has 0 aliphatic carbocycles. The van der Waals surface area contributed by atoms with E-state index in [1.54, 1.807) is 30.2 Å². The Labute approximate surface area is 118 Å². The van der Waals surface area contributed by atoms with Gasteiger partial charge in [-0.1, -0.05) is 20.8 Å². The van der Waals surface area contributed by atoms with Gasteiger partial charge in [-0.3, -0.25) is 9.59 Å². The number of hydrogen-bond acceptors (Lipinski definition) is 4. The van der Waals surface area contributed by atoms with Crippen LogP contribution in [0.15, 0.2) is 18.3 Å². The van der Waals surface area contributed by atoms with Gasteiger partial charge in [-0.25, -0.2) is 0 Å². The minimum absolute atomic E-state index is 0.0738. The lowest BCUT2D eigenvalue weighted by Crippen LogP contribution is -2.65. The Balaban J connectivity index is 2.25. The molecule has 2 amide bonds. The van der Waals surface area contributed by atoms with E-state index < -0.39 is 12.1 Å². The van der Waals surface area contributed by atoms with E-state index in [4.69, 9.17) is 0 Å². The minimum atomic E-state index is -0.511. The molecule has 1 saturated heterocycles. The van der Waals surface area contributed by atoms with Gasteiger partial charge < -0.3 is 10.2 Å². The quantitative estimate of drug-likeness (QED) is 0.864. The molecule has 1 N–H and O–H groups in total. The lowest BCUT2D eigenvalue weighted by molar-refractivity contribution is -0.152. The Kier molecular flexibility index (Phi) is 3.74. The number of carbonyl (C=O) groups is 2. The van der Waals surface area contributed by atoms with Gasteiger partial charge >= 0.3 is 0 Å². The number of nitrogens with zero attached hydrogens (tertiary/aromatic N) is 3. The van der Waals surface area contributed by atoms with Crippen LogP contribution in [0.5, 0.6) is 0 Å². The fraction of sp³-hybridized carbons (Fsp3) is 0.571.